The Morgan fingerprint density at radius 1 is 0.900 bits per heavy atom. The van der Waals surface area contributed by atoms with Crippen molar-refractivity contribution >= 4 is 34.8 Å². The molecule has 0 aliphatic rings. The molecule has 0 fully saturated rings. The molecule has 3 rings (SSSR count). The Balaban J connectivity index is 2.10. The summed E-state index contributed by atoms with van der Waals surface area (Å²) in [6.45, 7) is 0. The zero-order valence-electron chi connectivity index (χ0n) is 10.1. The molecule has 0 atom stereocenters. The third kappa shape index (κ3) is 2.55. The van der Waals surface area contributed by atoms with Crippen LogP contribution in [0.5, 0.6) is 0 Å². The smallest absolute Gasteiger partial charge is 0.114 e. The Morgan fingerprint density at radius 2 is 1.65 bits per heavy atom. The lowest BCUT2D eigenvalue weighted by atomic mass is 10.1. The lowest BCUT2D eigenvalue weighted by Gasteiger charge is -2.08. The van der Waals surface area contributed by atoms with E-state index in [4.69, 9.17) is 34.8 Å². The summed E-state index contributed by atoms with van der Waals surface area (Å²) in [6.07, 6.45) is 2.85. The molecule has 2 nitrogen and oxygen atoms in total. The first kappa shape index (κ1) is 13.5. The molecule has 0 spiro atoms. The maximum atomic E-state index is 6.05. The van der Waals surface area contributed by atoms with Crippen molar-refractivity contribution in [3.63, 3.8) is 0 Å². The molecule has 1 aromatic heterocycles. The van der Waals surface area contributed by atoms with Crippen molar-refractivity contribution in [2.75, 3.05) is 0 Å². The Labute approximate surface area is 131 Å². The van der Waals surface area contributed by atoms with Crippen molar-refractivity contribution < 1.29 is 0 Å². The topological polar surface area (TPSA) is 17.8 Å². The van der Waals surface area contributed by atoms with E-state index in [0.29, 0.717) is 15.1 Å². The summed E-state index contributed by atoms with van der Waals surface area (Å²) in [7, 11) is 0. The number of halogens is 3. The fourth-order valence-electron chi connectivity index (χ4n) is 1.90. The Hall–Kier alpha value is -1.48. The second kappa shape index (κ2) is 5.49. The second-order valence-electron chi connectivity index (χ2n) is 4.18. The third-order valence-electron chi connectivity index (χ3n) is 2.87. The molecule has 0 aliphatic heterocycles. The van der Waals surface area contributed by atoms with E-state index < -0.39 is 0 Å². The van der Waals surface area contributed by atoms with Gasteiger partial charge >= 0.3 is 0 Å². The van der Waals surface area contributed by atoms with Crippen molar-refractivity contribution in [2.24, 2.45) is 0 Å². The van der Waals surface area contributed by atoms with Crippen LogP contribution >= 0.6 is 34.8 Å². The predicted octanol–water partition coefficient (Wildman–Crippen LogP) is 5.30. The van der Waals surface area contributed by atoms with Crippen LogP contribution in [0.15, 0.2) is 48.5 Å². The van der Waals surface area contributed by atoms with Gasteiger partial charge < -0.3 is 0 Å². The van der Waals surface area contributed by atoms with E-state index in [2.05, 4.69) is 11.3 Å². The summed E-state index contributed by atoms with van der Waals surface area (Å²) >= 11 is 17.9. The predicted molar refractivity (Wildman–Crippen MR) is 82.9 cm³/mol. The molecule has 20 heavy (non-hydrogen) atoms. The SMILES string of the molecule is Clc1ccc(-c2c[c]nn2-c2ccc(Cl)c(Cl)c2)cc1. The number of nitrogens with zero attached hydrogens (tertiary/aromatic N) is 2. The minimum Gasteiger partial charge on any atom is -0.232 e. The van der Waals surface area contributed by atoms with Crippen LogP contribution in [-0.2, 0) is 0 Å². The highest BCUT2D eigenvalue weighted by atomic mass is 35.5. The molecule has 0 bridgehead atoms. The molecule has 3 aromatic rings. The van der Waals surface area contributed by atoms with Crippen LogP contribution in [0.4, 0.5) is 0 Å². The average molecular weight is 323 g/mol. The minimum atomic E-state index is 0.488. The van der Waals surface area contributed by atoms with Gasteiger partial charge in [-0.2, -0.15) is 5.10 Å². The zero-order valence-corrected chi connectivity index (χ0v) is 12.4. The van der Waals surface area contributed by atoms with E-state index in [1.54, 1.807) is 16.8 Å². The van der Waals surface area contributed by atoms with Gasteiger partial charge in [0.15, 0.2) is 0 Å². The summed E-state index contributed by atoms with van der Waals surface area (Å²) in [5.41, 5.74) is 2.72. The van der Waals surface area contributed by atoms with Gasteiger partial charge in [-0.15, -0.1) is 0 Å². The van der Waals surface area contributed by atoms with Gasteiger partial charge in [0.1, 0.15) is 6.20 Å². The molecule has 0 N–H and O–H groups in total. The van der Waals surface area contributed by atoms with Gasteiger partial charge in [0.25, 0.3) is 0 Å². The second-order valence-corrected chi connectivity index (χ2v) is 5.43. The Bertz CT molecular complexity index is 748. The molecule has 0 saturated heterocycles. The first-order chi connectivity index (χ1) is 9.65. The Kier molecular flexibility index (Phi) is 3.70. The summed E-state index contributed by atoms with van der Waals surface area (Å²) in [4.78, 5) is 0. The molecular weight excluding hydrogens is 315 g/mol. The van der Waals surface area contributed by atoms with Gasteiger partial charge in [-0.25, -0.2) is 4.68 Å². The number of benzene rings is 2. The van der Waals surface area contributed by atoms with Crippen molar-refractivity contribution in [2.45, 2.75) is 0 Å². The highest BCUT2D eigenvalue weighted by Crippen LogP contribution is 2.28. The summed E-state index contributed by atoms with van der Waals surface area (Å²) < 4.78 is 1.76. The number of aromatic nitrogens is 2. The number of rotatable bonds is 2. The zero-order chi connectivity index (χ0) is 14.1. The quantitative estimate of drug-likeness (QED) is 0.626. The van der Waals surface area contributed by atoms with Crippen LogP contribution in [0.1, 0.15) is 0 Å². The molecule has 0 amide bonds. The molecule has 2 aromatic carbocycles. The number of hydrogen-bond acceptors (Lipinski definition) is 1. The maximum Gasteiger partial charge on any atom is 0.114 e. The van der Waals surface area contributed by atoms with Crippen molar-refractivity contribution in [1.29, 1.82) is 0 Å². The van der Waals surface area contributed by atoms with Gasteiger partial charge in [-0.05, 0) is 36.4 Å². The molecule has 5 heteroatoms. The molecule has 1 heterocycles. The van der Waals surface area contributed by atoms with Crippen LogP contribution in [0.2, 0.25) is 15.1 Å². The number of hydrogen-bond donors (Lipinski definition) is 0. The van der Waals surface area contributed by atoms with E-state index in [1.165, 1.54) is 0 Å². The van der Waals surface area contributed by atoms with Crippen LogP contribution in [0.3, 0.4) is 0 Å². The fourth-order valence-corrected chi connectivity index (χ4v) is 2.32. The van der Waals surface area contributed by atoms with Crippen molar-refractivity contribution in [3.8, 4) is 16.9 Å². The first-order valence-electron chi connectivity index (χ1n) is 5.82. The monoisotopic (exact) mass is 321 g/mol. The molecule has 0 unspecified atom stereocenters. The lowest BCUT2D eigenvalue weighted by molar-refractivity contribution is 0.884. The van der Waals surface area contributed by atoms with Crippen LogP contribution in [-0.4, -0.2) is 9.78 Å². The average Bonchev–Trinajstić information content (AvgIpc) is 2.92. The minimum absolute atomic E-state index is 0.488. The highest BCUT2D eigenvalue weighted by molar-refractivity contribution is 6.42. The molecular formula is C15H8Cl3N2. The van der Waals surface area contributed by atoms with E-state index in [1.807, 2.05) is 36.4 Å². The van der Waals surface area contributed by atoms with Crippen molar-refractivity contribution in [3.05, 3.63) is 69.8 Å². The summed E-state index contributed by atoms with van der Waals surface area (Å²) in [6, 6.07) is 14.7. The Morgan fingerprint density at radius 3 is 2.35 bits per heavy atom. The summed E-state index contributed by atoms with van der Waals surface area (Å²) in [5.74, 6) is 0. The van der Waals surface area contributed by atoms with E-state index in [0.717, 1.165) is 16.9 Å². The maximum absolute atomic E-state index is 6.05. The molecule has 0 aliphatic carbocycles. The molecule has 1 radical (unpaired) electrons. The first-order valence-corrected chi connectivity index (χ1v) is 6.96. The van der Waals surface area contributed by atoms with Crippen LogP contribution in [0.25, 0.3) is 16.9 Å². The highest BCUT2D eigenvalue weighted by Gasteiger charge is 2.09. The normalized spacial score (nSPS) is 10.8. The molecule has 99 valence electrons. The van der Waals surface area contributed by atoms with Gasteiger partial charge in [0.05, 0.1) is 21.4 Å². The fraction of sp³-hybridized carbons (Fsp3) is 0. The van der Waals surface area contributed by atoms with Crippen molar-refractivity contribution in [1.82, 2.24) is 9.78 Å². The lowest BCUT2D eigenvalue weighted by Crippen LogP contribution is -1.98. The van der Waals surface area contributed by atoms with E-state index in [9.17, 15) is 0 Å². The van der Waals surface area contributed by atoms with E-state index in [-0.39, 0.29) is 0 Å². The van der Waals surface area contributed by atoms with Crippen LogP contribution < -0.4 is 0 Å². The van der Waals surface area contributed by atoms with Gasteiger partial charge in [0.2, 0.25) is 0 Å². The summed E-state index contributed by atoms with van der Waals surface area (Å²) in [5, 5.41) is 5.91. The van der Waals surface area contributed by atoms with Gasteiger partial charge in [-0.3, -0.25) is 0 Å². The van der Waals surface area contributed by atoms with Gasteiger partial charge in [-0.1, -0.05) is 46.9 Å². The van der Waals surface area contributed by atoms with E-state index >= 15 is 0 Å². The largest absolute Gasteiger partial charge is 0.232 e. The van der Waals surface area contributed by atoms with Gasteiger partial charge in [0, 0.05) is 10.6 Å². The molecule has 0 saturated carbocycles. The van der Waals surface area contributed by atoms with Crippen LogP contribution in [0, 0.1) is 6.20 Å². The third-order valence-corrected chi connectivity index (χ3v) is 3.87. The standard InChI is InChI=1S/C15H8Cl3N2/c16-11-3-1-10(2-4-11)15-7-8-19-20(15)12-5-6-13(17)14(18)9-12/h1-7,9H.